The second-order valence-electron chi connectivity index (χ2n) is 6.69. The monoisotopic (exact) mass is 450 g/mol. The molecule has 4 rings (SSSR count). The fourth-order valence-corrected chi connectivity index (χ4v) is 4.06. The van der Waals surface area contributed by atoms with E-state index in [2.05, 4.69) is 10.1 Å². The Bertz CT molecular complexity index is 1320. The van der Waals surface area contributed by atoms with Crippen LogP contribution >= 0.6 is 22.9 Å². The lowest BCUT2D eigenvalue weighted by atomic mass is 10.2. The summed E-state index contributed by atoms with van der Waals surface area (Å²) >= 11 is 7.40. The topological polar surface area (TPSA) is 88.7 Å². The van der Waals surface area contributed by atoms with Crippen molar-refractivity contribution in [2.24, 2.45) is 5.10 Å². The zero-order chi connectivity index (χ0) is 22.0. The number of aryl methyl sites for hydroxylation is 1. The van der Waals surface area contributed by atoms with Gasteiger partial charge in [-0.1, -0.05) is 35.1 Å². The summed E-state index contributed by atoms with van der Waals surface area (Å²) in [7, 11) is 0. The van der Waals surface area contributed by atoms with Crippen molar-refractivity contribution in [3.63, 3.8) is 0 Å². The molecule has 0 atom stereocenters. The average Bonchev–Trinajstić information content (AvgIpc) is 3.16. The molecular formula is C22H15ClN4O3S. The predicted molar refractivity (Wildman–Crippen MR) is 123 cm³/mol. The molecule has 0 radical (unpaired) electrons. The first-order valence-electron chi connectivity index (χ1n) is 9.16. The van der Waals surface area contributed by atoms with Crippen LogP contribution in [0.4, 0.5) is 10.8 Å². The second-order valence-corrected chi connectivity index (χ2v) is 8.13. The van der Waals surface area contributed by atoms with Crippen LogP contribution in [-0.2, 0) is 0 Å². The van der Waals surface area contributed by atoms with Crippen molar-refractivity contribution in [3.05, 3.63) is 98.6 Å². The molecule has 1 aromatic heterocycles. The molecule has 0 N–H and O–H groups in total. The summed E-state index contributed by atoms with van der Waals surface area (Å²) in [5.74, 6) is -0.392. The van der Waals surface area contributed by atoms with Crippen LogP contribution in [0.25, 0.3) is 10.2 Å². The van der Waals surface area contributed by atoms with E-state index in [1.807, 2.05) is 25.1 Å². The van der Waals surface area contributed by atoms with Gasteiger partial charge in [0.25, 0.3) is 11.6 Å². The molecule has 0 aliphatic heterocycles. The van der Waals surface area contributed by atoms with Crippen molar-refractivity contribution < 1.29 is 9.72 Å². The third kappa shape index (κ3) is 4.60. The van der Waals surface area contributed by atoms with E-state index in [4.69, 9.17) is 11.6 Å². The van der Waals surface area contributed by atoms with E-state index in [1.54, 1.807) is 36.4 Å². The normalized spacial score (nSPS) is 11.2. The fraction of sp³-hybridized carbons (Fsp3) is 0.0455. The van der Waals surface area contributed by atoms with Gasteiger partial charge in [-0.25, -0.2) is 4.98 Å². The highest BCUT2D eigenvalue weighted by molar-refractivity contribution is 7.22. The van der Waals surface area contributed by atoms with Gasteiger partial charge in [-0.05, 0) is 60.5 Å². The van der Waals surface area contributed by atoms with Gasteiger partial charge < -0.3 is 0 Å². The van der Waals surface area contributed by atoms with Crippen molar-refractivity contribution in [2.75, 3.05) is 5.01 Å². The lowest BCUT2D eigenvalue weighted by Crippen LogP contribution is -2.25. The van der Waals surface area contributed by atoms with Crippen LogP contribution in [-0.4, -0.2) is 22.0 Å². The Morgan fingerprint density at radius 3 is 2.65 bits per heavy atom. The number of halogens is 1. The highest BCUT2D eigenvalue weighted by atomic mass is 35.5. The lowest BCUT2D eigenvalue weighted by molar-refractivity contribution is -0.384. The molecule has 0 unspecified atom stereocenters. The number of aromatic nitrogens is 1. The van der Waals surface area contributed by atoms with E-state index < -0.39 is 10.8 Å². The van der Waals surface area contributed by atoms with Crippen LogP contribution in [0.15, 0.2) is 71.8 Å². The van der Waals surface area contributed by atoms with E-state index in [-0.39, 0.29) is 5.69 Å². The van der Waals surface area contributed by atoms with E-state index in [0.717, 1.165) is 15.8 Å². The Hall–Kier alpha value is -3.62. The minimum absolute atomic E-state index is 0.0226. The number of benzene rings is 3. The number of thiazole rings is 1. The molecule has 4 aromatic rings. The van der Waals surface area contributed by atoms with Crippen LogP contribution in [0.3, 0.4) is 0 Å². The van der Waals surface area contributed by atoms with Crippen LogP contribution in [0, 0.1) is 17.0 Å². The molecule has 0 aliphatic carbocycles. The molecule has 0 spiro atoms. The number of nitro benzene ring substituents is 1. The maximum atomic E-state index is 13.2. The van der Waals surface area contributed by atoms with Crippen LogP contribution in [0.2, 0.25) is 5.02 Å². The van der Waals surface area contributed by atoms with Crippen molar-refractivity contribution >= 4 is 56.1 Å². The second kappa shape index (κ2) is 8.63. The number of fused-ring (bicyclic) bond motifs is 1. The number of hydrazone groups is 1. The summed E-state index contributed by atoms with van der Waals surface area (Å²) in [5, 5.41) is 17.3. The Morgan fingerprint density at radius 2 is 1.94 bits per heavy atom. The molecule has 0 bridgehead atoms. The molecule has 3 aromatic carbocycles. The smallest absolute Gasteiger partial charge is 0.267 e. The van der Waals surface area contributed by atoms with Gasteiger partial charge in [0.05, 0.1) is 21.4 Å². The standard InChI is InChI=1S/C22H15ClN4O3S/c1-14-5-10-19-20(11-14)31-22(25-19)26(21(28)16-3-2-4-17(23)12-16)24-13-15-6-8-18(9-7-15)27(29)30/h2-13H,1H3/b24-13+. The molecule has 31 heavy (non-hydrogen) atoms. The molecular weight excluding hydrogens is 436 g/mol. The summed E-state index contributed by atoms with van der Waals surface area (Å²) in [6.45, 7) is 1.99. The number of rotatable bonds is 5. The highest BCUT2D eigenvalue weighted by Gasteiger charge is 2.21. The third-order valence-corrected chi connectivity index (χ3v) is 5.63. The molecule has 0 aliphatic rings. The summed E-state index contributed by atoms with van der Waals surface area (Å²) < 4.78 is 0.935. The predicted octanol–water partition coefficient (Wildman–Crippen LogP) is 5.85. The van der Waals surface area contributed by atoms with E-state index in [9.17, 15) is 14.9 Å². The summed E-state index contributed by atoms with van der Waals surface area (Å²) in [5.41, 5.74) is 2.80. The zero-order valence-corrected chi connectivity index (χ0v) is 17.8. The number of hydrogen-bond donors (Lipinski definition) is 0. The average molecular weight is 451 g/mol. The van der Waals surface area contributed by atoms with Gasteiger partial charge in [0.15, 0.2) is 0 Å². The Kier molecular flexibility index (Phi) is 5.75. The van der Waals surface area contributed by atoms with Crippen molar-refractivity contribution in [2.45, 2.75) is 6.92 Å². The molecule has 0 saturated heterocycles. The van der Waals surface area contributed by atoms with Gasteiger partial charge >= 0.3 is 0 Å². The minimum atomic E-state index is -0.473. The van der Waals surface area contributed by atoms with Gasteiger partial charge in [0, 0.05) is 22.7 Å². The number of nitro groups is 1. The Morgan fingerprint density at radius 1 is 1.16 bits per heavy atom. The SMILES string of the molecule is Cc1ccc2nc(N(/N=C/c3ccc([N+](=O)[O-])cc3)C(=O)c3cccc(Cl)c3)sc2c1. The quantitative estimate of drug-likeness (QED) is 0.217. The number of carbonyl (C=O) groups is 1. The largest absolute Gasteiger partial charge is 0.280 e. The molecule has 1 heterocycles. The maximum Gasteiger partial charge on any atom is 0.280 e. The number of hydrogen-bond acceptors (Lipinski definition) is 6. The minimum Gasteiger partial charge on any atom is -0.267 e. The first-order chi connectivity index (χ1) is 14.9. The summed E-state index contributed by atoms with van der Waals surface area (Å²) in [6.07, 6.45) is 1.46. The molecule has 9 heteroatoms. The summed E-state index contributed by atoms with van der Waals surface area (Å²) in [6, 6.07) is 18.3. The number of anilines is 1. The third-order valence-electron chi connectivity index (χ3n) is 4.40. The van der Waals surface area contributed by atoms with Crippen LogP contribution in [0.5, 0.6) is 0 Å². The van der Waals surface area contributed by atoms with Gasteiger partial charge in [-0.3, -0.25) is 14.9 Å². The van der Waals surface area contributed by atoms with Crippen molar-refractivity contribution in [1.82, 2.24) is 4.98 Å². The molecule has 0 saturated carbocycles. The molecule has 7 nitrogen and oxygen atoms in total. The Balaban J connectivity index is 1.74. The maximum absolute atomic E-state index is 13.2. The number of nitrogens with zero attached hydrogens (tertiary/aromatic N) is 4. The molecule has 1 amide bonds. The van der Waals surface area contributed by atoms with Crippen molar-refractivity contribution in [3.8, 4) is 0 Å². The number of non-ortho nitro benzene ring substituents is 1. The first kappa shape index (κ1) is 20.6. The van der Waals surface area contributed by atoms with E-state index in [0.29, 0.717) is 21.3 Å². The molecule has 154 valence electrons. The molecule has 0 fully saturated rings. The number of carbonyl (C=O) groups excluding carboxylic acids is 1. The van der Waals surface area contributed by atoms with Gasteiger partial charge in [-0.15, -0.1) is 0 Å². The number of amides is 1. The zero-order valence-electron chi connectivity index (χ0n) is 16.2. The Labute approximate surface area is 186 Å². The fourth-order valence-electron chi connectivity index (χ4n) is 2.85. The van der Waals surface area contributed by atoms with Crippen molar-refractivity contribution in [1.29, 1.82) is 0 Å². The summed E-state index contributed by atoms with van der Waals surface area (Å²) in [4.78, 5) is 28.2. The van der Waals surface area contributed by atoms with Gasteiger partial charge in [0.1, 0.15) is 0 Å². The van der Waals surface area contributed by atoms with Gasteiger partial charge in [-0.2, -0.15) is 10.1 Å². The van der Waals surface area contributed by atoms with E-state index >= 15 is 0 Å². The van der Waals surface area contributed by atoms with E-state index in [1.165, 1.54) is 34.7 Å². The first-order valence-corrected chi connectivity index (χ1v) is 10.4. The van der Waals surface area contributed by atoms with Gasteiger partial charge in [0.2, 0.25) is 5.13 Å². The van der Waals surface area contributed by atoms with Crippen LogP contribution in [0.1, 0.15) is 21.5 Å². The lowest BCUT2D eigenvalue weighted by Gasteiger charge is -2.14. The van der Waals surface area contributed by atoms with Crippen LogP contribution < -0.4 is 5.01 Å². The highest BCUT2D eigenvalue weighted by Crippen LogP contribution is 2.31.